The first kappa shape index (κ1) is 18.8. The number of hydrogen-bond donors (Lipinski definition) is 2. The lowest BCUT2D eigenvalue weighted by atomic mass is 10.2. The quantitative estimate of drug-likeness (QED) is 0.825. The van der Waals surface area contributed by atoms with Crippen LogP contribution in [0.3, 0.4) is 0 Å². The van der Waals surface area contributed by atoms with E-state index in [0.29, 0.717) is 12.2 Å². The molecule has 1 aromatic heterocycles. The Morgan fingerprint density at radius 1 is 1.37 bits per heavy atom. The Morgan fingerprint density at radius 3 is 2.81 bits per heavy atom. The molecule has 2 amide bonds. The van der Waals surface area contributed by atoms with E-state index in [-0.39, 0.29) is 24.3 Å². The maximum Gasteiger partial charge on any atom is 0.573 e. The van der Waals surface area contributed by atoms with Crippen molar-refractivity contribution < 1.29 is 31.9 Å². The van der Waals surface area contributed by atoms with E-state index in [9.17, 15) is 22.8 Å². The molecule has 2 aromatic rings. The summed E-state index contributed by atoms with van der Waals surface area (Å²) >= 11 is 0. The minimum absolute atomic E-state index is 0.139. The Labute approximate surface area is 151 Å². The molecule has 27 heavy (non-hydrogen) atoms. The van der Waals surface area contributed by atoms with Crippen LogP contribution in [0.1, 0.15) is 22.5 Å². The van der Waals surface area contributed by atoms with Crippen molar-refractivity contribution in [2.24, 2.45) is 5.73 Å². The molecule has 0 radical (unpaired) electrons. The molecule has 1 aromatic carbocycles. The van der Waals surface area contributed by atoms with Crippen molar-refractivity contribution in [2.45, 2.75) is 25.4 Å². The Balaban J connectivity index is 1.68. The number of nitrogens with one attached hydrogen (secondary N) is 1. The summed E-state index contributed by atoms with van der Waals surface area (Å²) in [6, 6.07) is 5.81. The van der Waals surface area contributed by atoms with Gasteiger partial charge in [0.2, 0.25) is 5.91 Å². The summed E-state index contributed by atoms with van der Waals surface area (Å²) in [6.07, 6.45) is -3.26. The van der Waals surface area contributed by atoms with Crippen molar-refractivity contribution in [3.63, 3.8) is 0 Å². The van der Waals surface area contributed by atoms with Crippen LogP contribution in [0.25, 0.3) is 0 Å². The molecule has 0 aliphatic carbocycles. The van der Waals surface area contributed by atoms with E-state index in [1.54, 1.807) is 0 Å². The predicted octanol–water partition coefficient (Wildman–Crippen LogP) is 2.17. The van der Waals surface area contributed by atoms with Crippen molar-refractivity contribution in [3.05, 3.63) is 47.9 Å². The molecule has 144 valence electrons. The van der Waals surface area contributed by atoms with Gasteiger partial charge < -0.3 is 25.1 Å². The number of ether oxygens (including phenoxy) is 1. The van der Waals surface area contributed by atoms with Crippen molar-refractivity contribution in [3.8, 4) is 5.75 Å². The van der Waals surface area contributed by atoms with Gasteiger partial charge in [-0.2, -0.15) is 0 Å². The van der Waals surface area contributed by atoms with Gasteiger partial charge in [-0.05, 0) is 24.6 Å². The van der Waals surface area contributed by atoms with Crippen molar-refractivity contribution in [1.82, 2.24) is 5.32 Å². The van der Waals surface area contributed by atoms with Crippen LogP contribution in [0.4, 0.5) is 18.9 Å². The van der Waals surface area contributed by atoms with Crippen molar-refractivity contribution in [1.29, 1.82) is 0 Å². The average Bonchev–Trinajstić information content (AvgIpc) is 3.21. The van der Waals surface area contributed by atoms with Gasteiger partial charge in [-0.1, -0.05) is 6.07 Å². The third kappa shape index (κ3) is 4.40. The second-order valence-electron chi connectivity index (χ2n) is 5.86. The summed E-state index contributed by atoms with van der Waals surface area (Å²) in [6.45, 7) is 0.387. The third-order valence-electron chi connectivity index (χ3n) is 3.99. The van der Waals surface area contributed by atoms with E-state index < -0.39 is 30.0 Å². The van der Waals surface area contributed by atoms with E-state index in [1.165, 1.54) is 29.4 Å². The normalized spacial score (nSPS) is 17.3. The smallest absolute Gasteiger partial charge is 0.467 e. The molecule has 0 saturated carbocycles. The fourth-order valence-corrected chi connectivity index (χ4v) is 2.77. The van der Waals surface area contributed by atoms with Gasteiger partial charge in [0.1, 0.15) is 23.8 Å². The zero-order valence-electron chi connectivity index (χ0n) is 14.0. The Hall–Kier alpha value is -3.01. The largest absolute Gasteiger partial charge is 0.573 e. The number of nitrogens with two attached hydrogens (primary N) is 1. The first-order chi connectivity index (χ1) is 12.8. The highest BCUT2D eigenvalue weighted by Gasteiger charge is 2.35. The molecule has 0 spiro atoms. The summed E-state index contributed by atoms with van der Waals surface area (Å²) in [7, 11) is 0. The monoisotopic (exact) mass is 383 g/mol. The van der Waals surface area contributed by atoms with Crippen LogP contribution in [0.5, 0.6) is 5.75 Å². The van der Waals surface area contributed by atoms with Crippen LogP contribution in [0.2, 0.25) is 0 Å². The highest BCUT2D eigenvalue weighted by Crippen LogP contribution is 2.29. The third-order valence-corrected chi connectivity index (χ3v) is 3.99. The number of furan rings is 1. The molecule has 2 heterocycles. The molecule has 0 bridgehead atoms. The van der Waals surface area contributed by atoms with Gasteiger partial charge in [0.15, 0.2) is 0 Å². The lowest BCUT2D eigenvalue weighted by molar-refractivity contribution is -0.274. The number of benzene rings is 1. The number of nitrogens with zero attached hydrogens (tertiary/aromatic N) is 1. The van der Waals surface area contributed by atoms with Gasteiger partial charge in [-0.25, -0.2) is 0 Å². The Kier molecular flexibility index (Phi) is 5.08. The molecular formula is C17H16F3N3O4. The fourth-order valence-electron chi connectivity index (χ4n) is 2.77. The van der Waals surface area contributed by atoms with Gasteiger partial charge in [-0.15, -0.1) is 13.2 Å². The molecule has 1 unspecified atom stereocenters. The summed E-state index contributed by atoms with van der Waals surface area (Å²) in [5.74, 6) is -0.906. The summed E-state index contributed by atoms with van der Waals surface area (Å²) < 4.78 is 46.0. The Morgan fingerprint density at radius 2 is 2.15 bits per heavy atom. The zero-order chi connectivity index (χ0) is 19.6. The SMILES string of the molecule is NCc1cc(C(=O)NC2CCN(c3cccc(OC(F)(F)F)c3)C2=O)co1. The van der Waals surface area contributed by atoms with Crippen molar-refractivity contribution >= 4 is 17.5 Å². The minimum atomic E-state index is -4.82. The number of alkyl halides is 3. The number of rotatable bonds is 5. The zero-order valence-corrected chi connectivity index (χ0v) is 14.0. The van der Waals surface area contributed by atoms with Crippen LogP contribution < -0.4 is 20.7 Å². The predicted molar refractivity (Wildman–Crippen MR) is 87.9 cm³/mol. The van der Waals surface area contributed by atoms with Gasteiger partial charge in [-0.3, -0.25) is 9.59 Å². The number of carbonyl (C=O) groups excluding carboxylic acids is 2. The molecule has 3 rings (SSSR count). The highest BCUT2D eigenvalue weighted by atomic mass is 19.4. The molecule has 7 nitrogen and oxygen atoms in total. The van der Waals surface area contributed by atoms with Crippen molar-refractivity contribution in [2.75, 3.05) is 11.4 Å². The van der Waals surface area contributed by atoms with E-state index in [4.69, 9.17) is 10.2 Å². The maximum absolute atomic E-state index is 12.5. The van der Waals surface area contributed by atoms with Crippen LogP contribution in [0, 0.1) is 0 Å². The molecule has 10 heteroatoms. The standard InChI is InChI=1S/C17H16F3N3O4/c18-17(19,20)27-12-3-1-2-11(7-12)23-5-4-14(16(23)25)22-15(24)10-6-13(8-21)26-9-10/h1-3,6-7,9,14H,4-5,8,21H2,(H,22,24). The number of carbonyl (C=O) groups is 2. The topological polar surface area (TPSA) is 97.8 Å². The molecule has 1 fully saturated rings. The van der Waals surface area contributed by atoms with E-state index >= 15 is 0 Å². The van der Waals surface area contributed by atoms with E-state index in [1.807, 2.05) is 0 Å². The Bertz CT molecular complexity index is 850. The molecule has 1 aliphatic heterocycles. The summed E-state index contributed by atoms with van der Waals surface area (Å²) in [5, 5.41) is 2.59. The van der Waals surface area contributed by atoms with Crippen LogP contribution in [0.15, 0.2) is 41.0 Å². The van der Waals surface area contributed by atoms with Gasteiger partial charge in [0, 0.05) is 18.3 Å². The lowest BCUT2D eigenvalue weighted by Gasteiger charge is -2.18. The molecule has 1 saturated heterocycles. The highest BCUT2D eigenvalue weighted by molar-refractivity contribution is 6.03. The second-order valence-corrected chi connectivity index (χ2v) is 5.86. The number of hydrogen-bond acceptors (Lipinski definition) is 5. The molecule has 1 atom stereocenters. The minimum Gasteiger partial charge on any atom is -0.467 e. The van der Waals surface area contributed by atoms with Crippen LogP contribution in [-0.2, 0) is 11.3 Å². The first-order valence-electron chi connectivity index (χ1n) is 8.02. The number of amides is 2. The number of anilines is 1. The molecule has 3 N–H and O–H groups in total. The van der Waals surface area contributed by atoms with E-state index in [2.05, 4.69) is 10.1 Å². The maximum atomic E-state index is 12.5. The van der Waals surface area contributed by atoms with Crippen LogP contribution in [-0.4, -0.2) is 30.8 Å². The summed E-state index contributed by atoms with van der Waals surface area (Å²) in [5.41, 5.74) is 5.91. The van der Waals surface area contributed by atoms with E-state index in [0.717, 1.165) is 12.1 Å². The van der Waals surface area contributed by atoms with Crippen LogP contribution >= 0.6 is 0 Å². The van der Waals surface area contributed by atoms with Gasteiger partial charge in [0.05, 0.1) is 12.1 Å². The second kappa shape index (κ2) is 7.31. The van der Waals surface area contributed by atoms with Gasteiger partial charge in [0.25, 0.3) is 5.91 Å². The first-order valence-corrected chi connectivity index (χ1v) is 8.02. The average molecular weight is 383 g/mol. The number of halogens is 3. The molecular weight excluding hydrogens is 367 g/mol. The van der Waals surface area contributed by atoms with Gasteiger partial charge >= 0.3 is 6.36 Å². The summed E-state index contributed by atoms with van der Waals surface area (Å²) in [4.78, 5) is 26.0. The lowest BCUT2D eigenvalue weighted by Crippen LogP contribution is -2.41. The fraction of sp³-hybridized carbons (Fsp3) is 0.294. The molecule has 1 aliphatic rings.